The van der Waals surface area contributed by atoms with Gasteiger partial charge in [-0.2, -0.15) is 0 Å². The maximum atomic E-state index is 10.9. The molecule has 94 valence electrons. The Morgan fingerprint density at radius 3 is 2.71 bits per heavy atom. The Balaban J connectivity index is 1.80. The van der Waals surface area contributed by atoms with Crippen LogP contribution >= 0.6 is 11.3 Å². The predicted molar refractivity (Wildman–Crippen MR) is 70.7 cm³/mol. The molecule has 1 saturated carbocycles. The summed E-state index contributed by atoms with van der Waals surface area (Å²) in [5.41, 5.74) is 0. The number of carboxylic acids is 1. The van der Waals surface area contributed by atoms with Crippen LogP contribution in [0.25, 0.3) is 0 Å². The molecule has 1 aliphatic carbocycles. The van der Waals surface area contributed by atoms with Gasteiger partial charge in [-0.1, -0.05) is 0 Å². The smallest absolute Gasteiger partial charge is 0.306 e. The molecule has 0 aromatic carbocycles. The number of nitrogens with zero attached hydrogens (tertiary/aromatic N) is 1. The largest absolute Gasteiger partial charge is 0.481 e. The van der Waals surface area contributed by atoms with Gasteiger partial charge >= 0.3 is 5.97 Å². The Hall–Kier alpha value is -1.03. The van der Waals surface area contributed by atoms with Crippen molar-refractivity contribution in [2.24, 2.45) is 11.8 Å². The van der Waals surface area contributed by atoms with Gasteiger partial charge in [0.1, 0.15) is 0 Å². The molecule has 0 unspecified atom stereocenters. The monoisotopic (exact) mass is 253 g/mol. The second kappa shape index (κ2) is 5.54. The molecule has 17 heavy (non-hydrogen) atoms. The van der Waals surface area contributed by atoms with E-state index in [4.69, 9.17) is 5.11 Å². The summed E-state index contributed by atoms with van der Waals surface area (Å²) < 4.78 is 0. The van der Waals surface area contributed by atoms with Crippen LogP contribution < -0.4 is 4.90 Å². The average Bonchev–Trinajstić information content (AvgIpc) is 2.83. The van der Waals surface area contributed by atoms with Gasteiger partial charge in [0.15, 0.2) is 0 Å². The Bertz CT molecular complexity index is 356. The van der Waals surface area contributed by atoms with Crippen LogP contribution in [0.3, 0.4) is 0 Å². The summed E-state index contributed by atoms with van der Waals surface area (Å²) >= 11 is 1.76. The average molecular weight is 253 g/mol. The molecule has 1 heterocycles. The van der Waals surface area contributed by atoms with Gasteiger partial charge in [-0.3, -0.25) is 4.79 Å². The van der Waals surface area contributed by atoms with Crippen molar-refractivity contribution in [3.8, 4) is 0 Å². The summed E-state index contributed by atoms with van der Waals surface area (Å²) in [5, 5.41) is 12.3. The lowest BCUT2D eigenvalue weighted by Gasteiger charge is -2.29. The van der Waals surface area contributed by atoms with Gasteiger partial charge in [0.05, 0.1) is 10.9 Å². The third-order valence-corrected chi connectivity index (χ3v) is 4.59. The van der Waals surface area contributed by atoms with Gasteiger partial charge in [0.2, 0.25) is 0 Å². The van der Waals surface area contributed by atoms with E-state index < -0.39 is 5.97 Å². The second-order valence-corrected chi connectivity index (χ2v) is 5.81. The van der Waals surface area contributed by atoms with Gasteiger partial charge in [0.25, 0.3) is 0 Å². The predicted octanol–water partition coefficient (Wildman–Crippen LogP) is 3.08. The van der Waals surface area contributed by atoms with Crippen LogP contribution in [0, 0.1) is 11.8 Å². The first kappa shape index (κ1) is 12.4. The standard InChI is InChI=1S/C13H19NO2S/c1-14(12-3-2-8-17-12)9-10-4-6-11(7-5-10)13(15)16/h2-3,8,10-11H,4-7,9H2,1H3,(H,15,16). The highest BCUT2D eigenvalue weighted by Gasteiger charge is 2.26. The minimum absolute atomic E-state index is 0.0988. The van der Waals surface area contributed by atoms with Crippen molar-refractivity contribution >= 4 is 22.3 Å². The highest BCUT2D eigenvalue weighted by atomic mass is 32.1. The van der Waals surface area contributed by atoms with Crippen LogP contribution in [0.5, 0.6) is 0 Å². The lowest BCUT2D eigenvalue weighted by molar-refractivity contribution is -0.143. The molecule has 0 atom stereocenters. The normalized spacial score (nSPS) is 24.5. The highest BCUT2D eigenvalue weighted by Crippen LogP contribution is 2.31. The van der Waals surface area contributed by atoms with Gasteiger partial charge in [-0.15, -0.1) is 11.3 Å². The molecule has 0 saturated heterocycles. The minimum atomic E-state index is -0.616. The van der Waals surface area contributed by atoms with Crippen LogP contribution in [0.15, 0.2) is 17.5 Å². The summed E-state index contributed by atoms with van der Waals surface area (Å²) in [5.74, 6) is -0.0638. The van der Waals surface area contributed by atoms with Crippen LogP contribution in [0.1, 0.15) is 25.7 Å². The van der Waals surface area contributed by atoms with E-state index in [1.807, 2.05) is 0 Å². The van der Waals surface area contributed by atoms with Crippen molar-refractivity contribution in [3.63, 3.8) is 0 Å². The zero-order valence-electron chi connectivity index (χ0n) is 10.1. The number of hydrogen-bond donors (Lipinski definition) is 1. The maximum Gasteiger partial charge on any atom is 0.306 e. The van der Waals surface area contributed by atoms with Crippen LogP contribution in [0.2, 0.25) is 0 Å². The summed E-state index contributed by atoms with van der Waals surface area (Å²) in [6, 6.07) is 4.20. The SMILES string of the molecule is CN(CC1CCC(C(=O)O)CC1)c1cccs1. The third-order valence-electron chi connectivity index (χ3n) is 3.61. The van der Waals surface area contributed by atoms with Crippen LogP contribution in [-0.4, -0.2) is 24.7 Å². The molecule has 1 aliphatic rings. The van der Waals surface area contributed by atoms with Crippen molar-refractivity contribution in [2.75, 3.05) is 18.5 Å². The molecular formula is C13H19NO2S. The molecular weight excluding hydrogens is 234 g/mol. The molecule has 4 heteroatoms. The number of thiophene rings is 1. The van der Waals surface area contributed by atoms with E-state index in [9.17, 15) is 4.79 Å². The van der Waals surface area contributed by atoms with E-state index in [-0.39, 0.29) is 5.92 Å². The number of carboxylic acid groups (broad SMARTS) is 1. The van der Waals surface area contributed by atoms with Crippen molar-refractivity contribution < 1.29 is 9.90 Å². The molecule has 1 N–H and O–H groups in total. The minimum Gasteiger partial charge on any atom is -0.481 e. The Morgan fingerprint density at radius 1 is 1.47 bits per heavy atom. The first-order valence-corrected chi connectivity index (χ1v) is 7.02. The number of carbonyl (C=O) groups is 1. The zero-order valence-corrected chi connectivity index (χ0v) is 10.9. The fourth-order valence-corrected chi connectivity index (χ4v) is 3.26. The third kappa shape index (κ3) is 3.22. The number of hydrogen-bond acceptors (Lipinski definition) is 3. The van der Waals surface area contributed by atoms with Crippen molar-refractivity contribution in [2.45, 2.75) is 25.7 Å². The topological polar surface area (TPSA) is 40.5 Å². The van der Waals surface area contributed by atoms with E-state index in [2.05, 4.69) is 29.5 Å². The molecule has 1 fully saturated rings. The highest BCUT2D eigenvalue weighted by molar-refractivity contribution is 7.14. The number of anilines is 1. The lowest BCUT2D eigenvalue weighted by Crippen LogP contribution is -2.29. The fourth-order valence-electron chi connectivity index (χ4n) is 2.56. The summed E-state index contributed by atoms with van der Waals surface area (Å²) in [7, 11) is 2.12. The quantitative estimate of drug-likeness (QED) is 0.896. The molecule has 3 nitrogen and oxygen atoms in total. The molecule has 1 aromatic rings. The summed E-state index contributed by atoms with van der Waals surface area (Å²) in [4.78, 5) is 13.1. The first-order valence-electron chi connectivity index (χ1n) is 6.14. The second-order valence-electron chi connectivity index (χ2n) is 4.89. The molecule has 0 amide bonds. The van der Waals surface area contributed by atoms with Gasteiger partial charge in [-0.25, -0.2) is 0 Å². The van der Waals surface area contributed by atoms with Gasteiger partial charge in [-0.05, 0) is 49.1 Å². The molecule has 0 bridgehead atoms. The zero-order chi connectivity index (χ0) is 12.3. The molecule has 2 rings (SSSR count). The van der Waals surface area contributed by atoms with Crippen molar-refractivity contribution in [3.05, 3.63) is 17.5 Å². The van der Waals surface area contributed by atoms with Gasteiger partial charge in [0, 0.05) is 13.6 Å². The van der Waals surface area contributed by atoms with Crippen LogP contribution in [-0.2, 0) is 4.79 Å². The van der Waals surface area contributed by atoms with Crippen LogP contribution in [0.4, 0.5) is 5.00 Å². The van der Waals surface area contributed by atoms with E-state index >= 15 is 0 Å². The van der Waals surface area contributed by atoms with Crippen molar-refractivity contribution in [1.29, 1.82) is 0 Å². The first-order chi connectivity index (χ1) is 8.16. The molecule has 0 radical (unpaired) electrons. The van der Waals surface area contributed by atoms with E-state index in [1.54, 1.807) is 11.3 Å². The number of rotatable bonds is 4. The van der Waals surface area contributed by atoms with E-state index in [0.29, 0.717) is 5.92 Å². The Labute approximate surface area is 106 Å². The van der Waals surface area contributed by atoms with E-state index in [0.717, 1.165) is 32.2 Å². The Morgan fingerprint density at radius 2 is 2.18 bits per heavy atom. The fraction of sp³-hybridized carbons (Fsp3) is 0.615. The lowest BCUT2D eigenvalue weighted by atomic mass is 9.82. The molecule has 0 spiro atoms. The number of aliphatic carboxylic acids is 1. The summed E-state index contributed by atoms with van der Waals surface area (Å²) in [6.45, 7) is 1.05. The van der Waals surface area contributed by atoms with Crippen molar-refractivity contribution in [1.82, 2.24) is 0 Å². The Kier molecular flexibility index (Phi) is 4.05. The molecule has 0 aliphatic heterocycles. The molecule has 1 aromatic heterocycles. The maximum absolute atomic E-state index is 10.9. The van der Waals surface area contributed by atoms with E-state index in [1.165, 1.54) is 5.00 Å². The summed E-state index contributed by atoms with van der Waals surface area (Å²) in [6.07, 6.45) is 3.79. The van der Waals surface area contributed by atoms with Gasteiger partial charge < -0.3 is 10.0 Å².